The lowest BCUT2D eigenvalue weighted by molar-refractivity contribution is -0.384. The van der Waals surface area contributed by atoms with Gasteiger partial charge in [0.05, 0.1) is 11.0 Å². The Bertz CT molecular complexity index is 711. The molecule has 0 bridgehead atoms. The summed E-state index contributed by atoms with van der Waals surface area (Å²) in [5.74, 6) is 0. The summed E-state index contributed by atoms with van der Waals surface area (Å²) < 4.78 is 6.86. The smallest absolute Gasteiger partial charge is 0.292 e. The van der Waals surface area contributed by atoms with Gasteiger partial charge in [-0.3, -0.25) is 15.0 Å². The maximum atomic E-state index is 11.5. The van der Waals surface area contributed by atoms with Gasteiger partial charge in [-0.2, -0.15) is 0 Å². The summed E-state index contributed by atoms with van der Waals surface area (Å²) in [5, 5.41) is 14.9. The highest BCUT2D eigenvalue weighted by Gasteiger charge is 2.38. The van der Waals surface area contributed by atoms with Crippen LogP contribution in [0.2, 0.25) is 0 Å². The number of nitro groups is 1. The molecule has 1 saturated carbocycles. The summed E-state index contributed by atoms with van der Waals surface area (Å²) in [6.45, 7) is 9.39. The Kier molecular flexibility index (Phi) is 7.57. The third-order valence-electron chi connectivity index (χ3n) is 6.66. The fourth-order valence-electron chi connectivity index (χ4n) is 4.70. The molecular formula is C22H34BrN3O3. The maximum absolute atomic E-state index is 11.5. The van der Waals surface area contributed by atoms with E-state index < -0.39 is 0 Å². The van der Waals surface area contributed by atoms with Crippen LogP contribution in [0.15, 0.2) is 16.6 Å². The third-order valence-corrected chi connectivity index (χ3v) is 7.51. The number of nitrogens with zero attached hydrogens (tertiary/aromatic N) is 2. The second-order valence-electron chi connectivity index (χ2n) is 8.85. The molecule has 3 rings (SSSR count). The fourth-order valence-corrected chi connectivity index (χ4v) is 5.04. The van der Waals surface area contributed by atoms with Crippen LogP contribution in [0.25, 0.3) is 0 Å². The van der Waals surface area contributed by atoms with Crippen molar-refractivity contribution >= 4 is 27.3 Å². The molecule has 0 unspecified atom stereocenters. The van der Waals surface area contributed by atoms with E-state index in [-0.39, 0.29) is 22.2 Å². The molecule has 1 saturated heterocycles. The Morgan fingerprint density at radius 1 is 1.28 bits per heavy atom. The molecule has 0 atom stereocenters. The van der Waals surface area contributed by atoms with E-state index in [4.69, 9.17) is 4.74 Å². The molecule has 1 N–H and O–H groups in total. The lowest BCUT2D eigenvalue weighted by atomic mass is 9.79. The molecule has 1 aliphatic heterocycles. The number of likely N-dealkylation sites (tertiary alicyclic amines) is 1. The zero-order valence-electron chi connectivity index (χ0n) is 17.9. The zero-order valence-corrected chi connectivity index (χ0v) is 19.5. The van der Waals surface area contributed by atoms with Gasteiger partial charge in [-0.1, -0.05) is 22.9 Å². The van der Waals surface area contributed by atoms with Gasteiger partial charge in [0.1, 0.15) is 5.69 Å². The van der Waals surface area contributed by atoms with E-state index in [1.54, 1.807) is 6.07 Å². The van der Waals surface area contributed by atoms with Crippen molar-refractivity contribution in [3.8, 4) is 0 Å². The Morgan fingerprint density at radius 2 is 1.93 bits per heavy atom. The number of hydrogen-bond donors (Lipinski definition) is 1. The number of rotatable bonds is 7. The molecule has 1 aromatic rings. The van der Waals surface area contributed by atoms with E-state index in [9.17, 15) is 10.1 Å². The number of nitrogens with one attached hydrogen (secondary N) is 1. The molecule has 2 aliphatic rings. The molecular weight excluding hydrogens is 434 g/mol. The third kappa shape index (κ3) is 5.50. The van der Waals surface area contributed by atoms with Crippen LogP contribution in [0.5, 0.6) is 0 Å². The SMILES string of the molecule is CCCO[C@H]1CC[C@](C)(N2CCC(Nc3cc(Br)c(C)cc3[N+](=O)[O-])CC2)CC1. The Hall–Kier alpha value is -1.18. The van der Waals surface area contributed by atoms with Gasteiger partial charge < -0.3 is 10.1 Å². The molecule has 0 amide bonds. The van der Waals surface area contributed by atoms with E-state index in [0.717, 1.165) is 61.8 Å². The van der Waals surface area contributed by atoms with Gasteiger partial charge in [-0.15, -0.1) is 0 Å². The van der Waals surface area contributed by atoms with Crippen molar-refractivity contribution in [3.63, 3.8) is 0 Å². The van der Waals surface area contributed by atoms with Gasteiger partial charge in [0.2, 0.25) is 0 Å². The number of nitro benzene ring substituents is 1. The largest absolute Gasteiger partial charge is 0.378 e. The molecule has 1 heterocycles. The van der Waals surface area contributed by atoms with Crippen LogP contribution < -0.4 is 5.32 Å². The van der Waals surface area contributed by atoms with Crippen LogP contribution in [0.1, 0.15) is 64.4 Å². The molecule has 2 fully saturated rings. The minimum absolute atomic E-state index is 0.158. The average molecular weight is 468 g/mol. The molecule has 1 aromatic carbocycles. The number of halogens is 1. The van der Waals surface area contributed by atoms with Gasteiger partial charge in [0, 0.05) is 41.8 Å². The van der Waals surface area contributed by atoms with Crippen molar-refractivity contribution in [2.24, 2.45) is 0 Å². The summed E-state index contributed by atoms with van der Waals surface area (Å²) >= 11 is 3.50. The maximum Gasteiger partial charge on any atom is 0.292 e. The van der Waals surface area contributed by atoms with Crippen molar-refractivity contribution in [2.75, 3.05) is 25.0 Å². The predicted octanol–water partition coefficient (Wildman–Crippen LogP) is 5.67. The van der Waals surface area contributed by atoms with Gasteiger partial charge in [-0.25, -0.2) is 0 Å². The lowest BCUT2D eigenvalue weighted by Crippen LogP contribution is -2.53. The molecule has 0 spiro atoms. The molecule has 7 heteroatoms. The van der Waals surface area contributed by atoms with Gasteiger partial charge >= 0.3 is 0 Å². The number of ether oxygens (including phenoxy) is 1. The van der Waals surface area contributed by atoms with E-state index >= 15 is 0 Å². The standard InChI is InChI=1S/C22H34BrN3O3/c1-4-13-29-18-5-9-22(3,10-6-18)25-11-7-17(8-12-25)24-20-15-19(23)16(2)14-21(20)26(27)28/h14-15,17-18,24H,4-13H2,1-3H3/t18-,22-. The highest BCUT2D eigenvalue weighted by Crippen LogP contribution is 2.37. The second kappa shape index (κ2) is 9.75. The highest BCUT2D eigenvalue weighted by molar-refractivity contribution is 9.10. The Balaban J connectivity index is 1.55. The summed E-state index contributed by atoms with van der Waals surface area (Å²) in [6.07, 6.45) is 8.22. The summed E-state index contributed by atoms with van der Waals surface area (Å²) in [5.41, 5.74) is 1.91. The van der Waals surface area contributed by atoms with E-state index in [1.807, 2.05) is 13.0 Å². The van der Waals surface area contributed by atoms with E-state index in [0.29, 0.717) is 11.8 Å². The normalized spacial score (nSPS) is 26.4. The lowest BCUT2D eigenvalue weighted by Gasteiger charge is -2.48. The number of piperidine rings is 1. The Labute approximate surface area is 182 Å². The van der Waals surface area contributed by atoms with Crippen molar-refractivity contribution < 1.29 is 9.66 Å². The minimum Gasteiger partial charge on any atom is -0.378 e. The molecule has 6 nitrogen and oxygen atoms in total. The zero-order chi connectivity index (χ0) is 21.0. The van der Waals surface area contributed by atoms with Crippen molar-refractivity contribution in [2.45, 2.75) is 83.4 Å². The molecule has 0 aromatic heterocycles. The van der Waals surface area contributed by atoms with E-state index in [1.165, 1.54) is 12.8 Å². The number of benzene rings is 1. The number of anilines is 1. The first-order chi connectivity index (χ1) is 13.8. The van der Waals surface area contributed by atoms with Crippen molar-refractivity contribution in [1.29, 1.82) is 0 Å². The quantitative estimate of drug-likeness (QED) is 0.413. The average Bonchev–Trinajstić information content (AvgIpc) is 2.70. The van der Waals surface area contributed by atoms with Crippen LogP contribution >= 0.6 is 15.9 Å². The first-order valence-corrected chi connectivity index (χ1v) is 11.7. The van der Waals surface area contributed by atoms with Crippen LogP contribution in [0.4, 0.5) is 11.4 Å². The second-order valence-corrected chi connectivity index (χ2v) is 9.70. The van der Waals surface area contributed by atoms with Crippen molar-refractivity contribution in [1.82, 2.24) is 4.90 Å². The van der Waals surface area contributed by atoms with Gasteiger partial charge in [-0.05, 0) is 70.4 Å². The highest BCUT2D eigenvalue weighted by atomic mass is 79.9. The Morgan fingerprint density at radius 3 is 2.52 bits per heavy atom. The molecule has 162 valence electrons. The topological polar surface area (TPSA) is 67.6 Å². The van der Waals surface area contributed by atoms with Crippen molar-refractivity contribution in [3.05, 3.63) is 32.3 Å². The monoisotopic (exact) mass is 467 g/mol. The minimum atomic E-state index is -0.295. The summed E-state index contributed by atoms with van der Waals surface area (Å²) in [6, 6.07) is 3.76. The first-order valence-electron chi connectivity index (χ1n) is 10.9. The summed E-state index contributed by atoms with van der Waals surface area (Å²) in [4.78, 5) is 13.8. The molecule has 29 heavy (non-hydrogen) atoms. The number of hydrogen-bond acceptors (Lipinski definition) is 5. The van der Waals surface area contributed by atoms with Gasteiger partial charge in [0.15, 0.2) is 0 Å². The number of aryl methyl sites for hydroxylation is 1. The molecule has 1 aliphatic carbocycles. The predicted molar refractivity (Wildman–Crippen MR) is 121 cm³/mol. The first kappa shape index (κ1) is 22.5. The summed E-state index contributed by atoms with van der Waals surface area (Å²) in [7, 11) is 0. The fraction of sp³-hybridized carbons (Fsp3) is 0.727. The van der Waals surface area contributed by atoms with Crippen LogP contribution in [0.3, 0.4) is 0 Å². The van der Waals surface area contributed by atoms with Crippen LogP contribution in [-0.4, -0.2) is 47.2 Å². The van der Waals surface area contributed by atoms with Crippen LogP contribution in [-0.2, 0) is 4.74 Å². The van der Waals surface area contributed by atoms with E-state index in [2.05, 4.69) is 40.0 Å². The molecule has 0 radical (unpaired) electrons. The van der Waals surface area contributed by atoms with Gasteiger partial charge in [0.25, 0.3) is 5.69 Å². The van der Waals surface area contributed by atoms with Crippen LogP contribution in [0, 0.1) is 17.0 Å².